The van der Waals surface area contributed by atoms with E-state index in [2.05, 4.69) is 31.3 Å². The highest BCUT2D eigenvalue weighted by Crippen LogP contribution is 2.44. The minimum atomic E-state index is -0.691. The second-order valence-electron chi connectivity index (χ2n) is 8.36. The minimum absolute atomic E-state index is 0.364. The van der Waals surface area contributed by atoms with Crippen molar-refractivity contribution in [1.29, 1.82) is 5.26 Å². The molecule has 0 aliphatic carbocycles. The number of benzene rings is 3. The van der Waals surface area contributed by atoms with Gasteiger partial charge in [-0.25, -0.2) is 23.7 Å². The van der Waals surface area contributed by atoms with Gasteiger partial charge in [-0.15, -0.1) is 0 Å². The molecule has 0 radical (unpaired) electrons. The summed E-state index contributed by atoms with van der Waals surface area (Å²) in [7, 11) is 0. The molecule has 0 spiro atoms. The summed E-state index contributed by atoms with van der Waals surface area (Å²) in [5.74, 6) is -0.880. The monoisotopic (exact) mass is 500 g/mol. The number of nitriles is 1. The molecule has 0 amide bonds. The van der Waals surface area contributed by atoms with Crippen LogP contribution in [-0.4, -0.2) is 19.9 Å². The maximum Gasteiger partial charge on any atom is 0.162 e. The molecule has 178 valence electrons. The summed E-state index contributed by atoms with van der Waals surface area (Å²) in [4.78, 5) is 15.7. The van der Waals surface area contributed by atoms with Crippen LogP contribution in [0.2, 0.25) is 5.02 Å². The molecule has 1 unspecified atom stereocenters. The van der Waals surface area contributed by atoms with E-state index >= 15 is 0 Å². The zero-order valence-electron chi connectivity index (χ0n) is 19.3. The third-order valence-corrected chi connectivity index (χ3v) is 6.44. The van der Waals surface area contributed by atoms with Gasteiger partial charge in [-0.3, -0.25) is 0 Å². The van der Waals surface area contributed by atoms with Gasteiger partial charge in [0, 0.05) is 11.1 Å². The van der Waals surface area contributed by atoms with Crippen molar-refractivity contribution < 1.29 is 8.78 Å². The highest BCUT2D eigenvalue weighted by Gasteiger charge is 2.23. The lowest BCUT2D eigenvalue weighted by atomic mass is 9.85. The van der Waals surface area contributed by atoms with Gasteiger partial charge in [-0.05, 0) is 77.6 Å². The van der Waals surface area contributed by atoms with Crippen molar-refractivity contribution in [3.63, 3.8) is 0 Å². The van der Waals surface area contributed by atoms with Crippen molar-refractivity contribution >= 4 is 28.6 Å². The number of anilines is 1. The van der Waals surface area contributed by atoms with E-state index in [-0.39, 0.29) is 0 Å². The first kappa shape index (κ1) is 23.4. The van der Waals surface area contributed by atoms with E-state index in [9.17, 15) is 14.0 Å². The number of aromatic nitrogens is 4. The molecular weight excluding hydrogens is 482 g/mol. The highest BCUT2D eigenvalue weighted by molar-refractivity contribution is 6.32. The number of H-pyrrole nitrogens is 1. The second kappa shape index (κ2) is 9.36. The average molecular weight is 501 g/mol. The van der Waals surface area contributed by atoms with Crippen LogP contribution in [0.3, 0.4) is 0 Å². The van der Waals surface area contributed by atoms with E-state index in [0.717, 1.165) is 17.2 Å². The number of imidazole rings is 1. The molecule has 0 aliphatic heterocycles. The number of fused-ring (bicyclic) bond motifs is 1. The zero-order valence-corrected chi connectivity index (χ0v) is 20.0. The van der Waals surface area contributed by atoms with Crippen molar-refractivity contribution in [2.45, 2.75) is 19.9 Å². The molecule has 5 rings (SSSR count). The SMILES string of the molecule is Cc1c(Cl)cc(C(C)Nc2ncnc3[nH]cnc23)c(-c2cc(F)cc(F)c2)c1-c1ccc(C#N)cc1. The van der Waals surface area contributed by atoms with Crippen molar-refractivity contribution in [3.05, 3.63) is 94.5 Å². The quantitative estimate of drug-likeness (QED) is 0.272. The number of aromatic amines is 1. The maximum atomic E-state index is 14.4. The summed E-state index contributed by atoms with van der Waals surface area (Å²) >= 11 is 6.70. The standard InChI is InChI=1S/C27H19ClF2N6/c1-14-22(28)10-21(15(2)36-27-25-26(33-12-32-25)34-13-35-27)24(18-7-19(29)9-20(30)8-18)23(14)17-5-3-16(11-31)4-6-17/h3-10,12-13,15H,1-2H3,(H2,32,33,34,35,36). The molecule has 3 aromatic carbocycles. The van der Waals surface area contributed by atoms with E-state index in [4.69, 9.17) is 11.6 Å². The summed E-state index contributed by atoms with van der Waals surface area (Å²) in [6.45, 7) is 3.76. The molecule has 2 N–H and O–H groups in total. The predicted molar refractivity (Wildman–Crippen MR) is 135 cm³/mol. The van der Waals surface area contributed by atoms with Crippen molar-refractivity contribution in [3.8, 4) is 28.3 Å². The Morgan fingerprint density at radius 1 is 0.972 bits per heavy atom. The normalized spacial score (nSPS) is 11.9. The van der Waals surface area contributed by atoms with Gasteiger partial charge in [0.15, 0.2) is 11.5 Å². The molecule has 2 heterocycles. The van der Waals surface area contributed by atoms with Gasteiger partial charge in [-0.2, -0.15) is 5.26 Å². The van der Waals surface area contributed by atoms with E-state index in [1.165, 1.54) is 24.8 Å². The van der Waals surface area contributed by atoms with Crippen LogP contribution < -0.4 is 5.32 Å². The molecule has 2 aromatic heterocycles. The summed E-state index contributed by atoms with van der Waals surface area (Å²) in [5, 5.41) is 13.1. The summed E-state index contributed by atoms with van der Waals surface area (Å²) in [6, 6.07) is 13.9. The Morgan fingerprint density at radius 3 is 2.39 bits per heavy atom. The Bertz CT molecular complexity index is 1620. The lowest BCUT2D eigenvalue weighted by Crippen LogP contribution is -2.11. The molecule has 0 bridgehead atoms. The maximum absolute atomic E-state index is 14.4. The van der Waals surface area contributed by atoms with Gasteiger partial charge in [0.05, 0.1) is 24.0 Å². The van der Waals surface area contributed by atoms with Crippen LogP contribution >= 0.6 is 11.6 Å². The molecule has 0 saturated carbocycles. The molecule has 0 fully saturated rings. The van der Waals surface area contributed by atoms with Crippen molar-refractivity contribution in [2.24, 2.45) is 0 Å². The van der Waals surface area contributed by atoms with Gasteiger partial charge in [0.25, 0.3) is 0 Å². The number of halogens is 3. The van der Waals surface area contributed by atoms with Crippen LogP contribution in [0, 0.1) is 29.9 Å². The lowest BCUT2D eigenvalue weighted by Gasteiger charge is -2.24. The number of hydrogen-bond donors (Lipinski definition) is 2. The second-order valence-corrected chi connectivity index (χ2v) is 8.77. The Hall–Kier alpha value is -4.35. The van der Waals surface area contributed by atoms with Gasteiger partial charge >= 0.3 is 0 Å². The average Bonchev–Trinajstić information content (AvgIpc) is 3.35. The predicted octanol–water partition coefficient (Wildman–Crippen LogP) is 6.97. The van der Waals surface area contributed by atoms with E-state index in [1.807, 2.05) is 13.8 Å². The molecule has 9 heteroatoms. The summed E-state index contributed by atoms with van der Waals surface area (Å²) < 4.78 is 28.8. The molecule has 36 heavy (non-hydrogen) atoms. The largest absolute Gasteiger partial charge is 0.362 e. The Balaban J connectivity index is 1.75. The number of nitrogens with one attached hydrogen (secondary N) is 2. The van der Waals surface area contributed by atoms with E-state index in [0.29, 0.717) is 49.8 Å². The van der Waals surface area contributed by atoms with Gasteiger partial charge in [-0.1, -0.05) is 23.7 Å². The molecule has 5 aromatic rings. The topological polar surface area (TPSA) is 90.3 Å². The van der Waals surface area contributed by atoms with Crippen molar-refractivity contribution in [1.82, 2.24) is 19.9 Å². The van der Waals surface area contributed by atoms with Gasteiger partial charge in [0.2, 0.25) is 0 Å². The fourth-order valence-corrected chi connectivity index (χ4v) is 4.56. The highest BCUT2D eigenvalue weighted by atomic mass is 35.5. The lowest BCUT2D eigenvalue weighted by molar-refractivity contribution is 0.584. The fraction of sp³-hybridized carbons (Fsp3) is 0.111. The smallest absolute Gasteiger partial charge is 0.162 e. The van der Waals surface area contributed by atoms with Crippen LogP contribution in [0.4, 0.5) is 14.6 Å². The molecule has 1 atom stereocenters. The molecular formula is C27H19ClF2N6. The summed E-state index contributed by atoms with van der Waals surface area (Å²) in [5.41, 5.74) is 5.55. The van der Waals surface area contributed by atoms with Crippen molar-refractivity contribution in [2.75, 3.05) is 5.32 Å². The van der Waals surface area contributed by atoms with E-state index in [1.54, 1.807) is 30.3 Å². The number of hydrogen-bond acceptors (Lipinski definition) is 5. The third-order valence-electron chi connectivity index (χ3n) is 6.04. The third kappa shape index (κ3) is 4.25. The molecule has 0 saturated heterocycles. The number of nitrogens with zero attached hydrogens (tertiary/aromatic N) is 4. The zero-order chi connectivity index (χ0) is 25.4. The summed E-state index contributed by atoms with van der Waals surface area (Å²) in [6.07, 6.45) is 2.95. The number of rotatable bonds is 5. The van der Waals surface area contributed by atoms with Crippen LogP contribution in [0.25, 0.3) is 33.4 Å². The Kier molecular flexibility index (Phi) is 6.08. The molecule has 6 nitrogen and oxygen atoms in total. The van der Waals surface area contributed by atoms with Crippen LogP contribution in [0.5, 0.6) is 0 Å². The molecule has 0 aliphatic rings. The minimum Gasteiger partial charge on any atom is -0.362 e. The first-order valence-electron chi connectivity index (χ1n) is 11.1. The Morgan fingerprint density at radius 2 is 1.69 bits per heavy atom. The van der Waals surface area contributed by atoms with Crippen LogP contribution in [0.15, 0.2) is 61.2 Å². The fourth-order valence-electron chi connectivity index (χ4n) is 4.34. The van der Waals surface area contributed by atoms with Gasteiger partial charge < -0.3 is 10.3 Å². The van der Waals surface area contributed by atoms with Crippen LogP contribution in [0.1, 0.15) is 29.7 Å². The van der Waals surface area contributed by atoms with Crippen LogP contribution in [-0.2, 0) is 0 Å². The first-order valence-corrected chi connectivity index (χ1v) is 11.4. The van der Waals surface area contributed by atoms with E-state index < -0.39 is 17.7 Å². The Labute approximate surface area is 210 Å². The first-order chi connectivity index (χ1) is 17.4. The van der Waals surface area contributed by atoms with Gasteiger partial charge in [0.1, 0.15) is 23.5 Å².